The highest BCUT2D eigenvalue weighted by Gasteiger charge is 2.26. The summed E-state index contributed by atoms with van der Waals surface area (Å²) in [5.41, 5.74) is 15.8. The van der Waals surface area contributed by atoms with E-state index in [-0.39, 0.29) is 76.6 Å². The summed E-state index contributed by atoms with van der Waals surface area (Å²) in [6.07, 6.45) is 0. The van der Waals surface area contributed by atoms with Crippen molar-refractivity contribution in [2.75, 3.05) is 0 Å². The smallest absolute Gasteiger partial charge is 0.134 e. The lowest BCUT2D eigenvalue weighted by Gasteiger charge is -2.24. The van der Waals surface area contributed by atoms with Crippen molar-refractivity contribution in [3.63, 3.8) is 0 Å². The zero-order valence-electron chi connectivity index (χ0n) is 69.5. The van der Waals surface area contributed by atoms with E-state index in [0.717, 1.165) is 42.9 Å². The lowest BCUT2D eigenvalue weighted by molar-refractivity contribution is 0.513. The summed E-state index contributed by atoms with van der Waals surface area (Å²) in [6, 6.07) is 55.7. The predicted octanol–water partition coefficient (Wildman–Crippen LogP) is 30.7. The van der Waals surface area contributed by atoms with Gasteiger partial charge in [0, 0.05) is 15.8 Å². The molecular formula is C96H134Cl2F2. The van der Waals surface area contributed by atoms with Crippen LogP contribution in [0.5, 0.6) is 0 Å². The van der Waals surface area contributed by atoms with Crippen LogP contribution in [0, 0.1) is 11.6 Å². The predicted molar refractivity (Wildman–Crippen MR) is 446 cm³/mol. The molecule has 100 heavy (non-hydrogen) atoms. The highest BCUT2D eigenvalue weighted by Crippen LogP contribution is 2.40. The molecule has 0 aliphatic rings. The Morgan fingerprint density at radius 2 is 0.430 bits per heavy atom. The van der Waals surface area contributed by atoms with E-state index in [1.807, 2.05) is 77.9 Å². The highest BCUT2D eigenvalue weighted by molar-refractivity contribution is 6.36. The van der Waals surface area contributed by atoms with Crippen LogP contribution in [0.4, 0.5) is 8.78 Å². The summed E-state index contributed by atoms with van der Waals surface area (Å²) in [7, 11) is 0. The van der Waals surface area contributed by atoms with Gasteiger partial charge in [0.05, 0.1) is 5.02 Å². The molecule has 4 heteroatoms. The van der Waals surface area contributed by atoms with E-state index < -0.39 is 0 Å². The molecule has 546 valence electrons. The van der Waals surface area contributed by atoms with Crippen molar-refractivity contribution in [1.29, 1.82) is 0 Å². The number of halogens is 4. The third kappa shape index (κ3) is 24.7. The minimum Gasteiger partial charge on any atom is -0.207 e. The molecule has 0 nitrogen and oxygen atoms in total. The lowest BCUT2D eigenvalue weighted by atomic mass is 9.82. The van der Waals surface area contributed by atoms with Gasteiger partial charge in [-0.2, -0.15) is 0 Å². The third-order valence-electron chi connectivity index (χ3n) is 18.7. The van der Waals surface area contributed by atoms with Gasteiger partial charge in [-0.3, -0.25) is 0 Å². The summed E-state index contributed by atoms with van der Waals surface area (Å²) in [4.78, 5) is 0. The van der Waals surface area contributed by atoms with Crippen molar-refractivity contribution >= 4 is 55.5 Å². The first-order chi connectivity index (χ1) is 44.8. The van der Waals surface area contributed by atoms with E-state index in [9.17, 15) is 8.78 Å². The van der Waals surface area contributed by atoms with Gasteiger partial charge in [-0.15, -0.1) is 0 Å². The van der Waals surface area contributed by atoms with E-state index >= 15 is 0 Å². The van der Waals surface area contributed by atoms with Crippen molar-refractivity contribution in [2.24, 2.45) is 0 Å². The summed E-state index contributed by atoms with van der Waals surface area (Å²) in [5.74, 6) is -0.166. The quantitative estimate of drug-likeness (QED) is 0.142. The van der Waals surface area contributed by atoms with Crippen molar-refractivity contribution in [1.82, 2.24) is 0 Å². The van der Waals surface area contributed by atoms with Gasteiger partial charge in [0.2, 0.25) is 0 Å². The van der Waals surface area contributed by atoms with Gasteiger partial charge in [0.1, 0.15) is 11.6 Å². The van der Waals surface area contributed by atoms with Crippen molar-refractivity contribution in [3.05, 3.63) is 246 Å². The number of hydrogen-bond acceptors (Lipinski definition) is 0. The van der Waals surface area contributed by atoms with Crippen LogP contribution in [-0.4, -0.2) is 0 Å². The summed E-state index contributed by atoms with van der Waals surface area (Å²) >= 11 is 12.9. The first-order valence-corrected chi connectivity index (χ1v) is 37.3. The van der Waals surface area contributed by atoms with Gasteiger partial charge in [0.15, 0.2) is 0 Å². The maximum Gasteiger partial charge on any atom is 0.134 e. The molecule has 0 saturated heterocycles. The third-order valence-corrected chi connectivity index (χ3v) is 19.5. The van der Waals surface area contributed by atoms with E-state index in [4.69, 9.17) is 23.2 Å². The van der Waals surface area contributed by atoms with Crippen molar-refractivity contribution < 1.29 is 8.78 Å². The van der Waals surface area contributed by atoms with E-state index in [0.29, 0.717) is 0 Å². The van der Waals surface area contributed by atoms with Gasteiger partial charge in [-0.1, -0.05) is 418 Å². The molecule has 0 bridgehead atoms. The molecular weight excluding hydrogens is 1260 g/mol. The Morgan fingerprint density at radius 3 is 0.740 bits per heavy atom. The Hall–Kier alpha value is -5.80. The Bertz CT molecular complexity index is 3910. The SMILES string of the molecule is CC(C)(C)c1ccc(C(C)(C)C)c(Cl)c1.CC(C)(C)c1ccc(C(C)(C)C)c(F)c1.CC(C)(C)c1ccc(C(C)(C)C)cc1.CC(C)(C)c1ccc2c(Cl)c(C(C)(C)C)ccc2c1.CC(C)(C)c1ccc2c(F)c(C(C)(C)C)ccc2c1.CC(C)(C)c1ccc2cc(C(C)(C)C)ccc2c1. The summed E-state index contributed by atoms with van der Waals surface area (Å²) in [6.45, 7) is 78.6. The van der Waals surface area contributed by atoms with Gasteiger partial charge in [-0.25, -0.2) is 8.78 Å². The fraction of sp³-hybridized carbons (Fsp3) is 0.500. The molecule has 9 aromatic carbocycles. The number of fused-ring (bicyclic) bond motifs is 3. The second kappa shape index (κ2) is 31.7. The molecule has 9 rings (SSSR count). The van der Waals surface area contributed by atoms with Crippen LogP contribution in [0.15, 0.2) is 158 Å². The number of benzene rings is 9. The topological polar surface area (TPSA) is 0 Å². The first kappa shape index (κ1) is 86.6. The van der Waals surface area contributed by atoms with E-state index in [1.54, 1.807) is 6.07 Å². The molecule has 0 heterocycles. The molecule has 0 fully saturated rings. The van der Waals surface area contributed by atoms with Crippen molar-refractivity contribution in [2.45, 2.75) is 314 Å². The second-order valence-electron chi connectivity index (χ2n) is 40.5. The normalized spacial score (nSPS) is 13.0. The summed E-state index contributed by atoms with van der Waals surface area (Å²) in [5, 5.41) is 8.55. The number of hydrogen-bond donors (Lipinski definition) is 0. The lowest BCUT2D eigenvalue weighted by Crippen LogP contribution is -2.16. The molecule has 0 aliphatic heterocycles. The molecule has 9 aromatic rings. The molecule has 0 spiro atoms. The molecule has 0 atom stereocenters. The van der Waals surface area contributed by atoms with Gasteiger partial charge >= 0.3 is 0 Å². The van der Waals surface area contributed by atoms with Crippen molar-refractivity contribution in [3.8, 4) is 0 Å². The highest BCUT2D eigenvalue weighted by atomic mass is 35.5. The Kier molecular flexibility index (Phi) is 27.4. The minimum atomic E-state index is -0.166. The fourth-order valence-electron chi connectivity index (χ4n) is 11.5. The zero-order chi connectivity index (χ0) is 77.1. The zero-order valence-corrected chi connectivity index (χ0v) is 71.0. The summed E-state index contributed by atoms with van der Waals surface area (Å²) < 4.78 is 28.5. The fourth-order valence-corrected chi connectivity index (χ4v) is 12.5. The average Bonchev–Trinajstić information content (AvgIpc) is 0.792. The van der Waals surface area contributed by atoms with Gasteiger partial charge in [0.25, 0.3) is 0 Å². The molecule has 0 aliphatic carbocycles. The molecule has 0 N–H and O–H groups in total. The van der Waals surface area contributed by atoms with Crippen LogP contribution in [0.25, 0.3) is 32.3 Å². The van der Waals surface area contributed by atoms with Crippen LogP contribution < -0.4 is 0 Å². The Morgan fingerprint density at radius 1 is 0.200 bits per heavy atom. The van der Waals surface area contributed by atoms with E-state index in [1.165, 1.54) is 66.2 Å². The number of rotatable bonds is 0. The van der Waals surface area contributed by atoms with E-state index in [2.05, 4.69) is 323 Å². The Labute approximate surface area is 620 Å². The monoisotopic (exact) mass is 1390 g/mol. The molecule has 0 saturated carbocycles. The Balaban J connectivity index is 0.000000256. The molecule has 0 unspecified atom stereocenters. The molecule has 0 amide bonds. The van der Waals surface area contributed by atoms with Crippen LogP contribution >= 0.6 is 23.2 Å². The average molecular weight is 1400 g/mol. The minimum absolute atomic E-state index is 0.0112. The second-order valence-corrected chi connectivity index (χ2v) is 41.3. The van der Waals surface area contributed by atoms with Gasteiger partial charge in [-0.05, 0) is 165 Å². The van der Waals surface area contributed by atoms with Crippen LogP contribution in [-0.2, 0) is 65.0 Å². The van der Waals surface area contributed by atoms with Crippen LogP contribution in [0.1, 0.15) is 316 Å². The molecule has 0 aromatic heterocycles. The maximum absolute atomic E-state index is 14.6. The van der Waals surface area contributed by atoms with Crippen LogP contribution in [0.3, 0.4) is 0 Å². The van der Waals surface area contributed by atoms with Gasteiger partial charge < -0.3 is 0 Å². The maximum atomic E-state index is 14.6. The van der Waals surface area contributed by atoms with Crippen LogP contribution in [0.2, 0.25) is 10.0 Å². The largest absolute Gasteiger partial charge is 0.207 e. The standard InChI is InChI=1S/C18H23Cl.C18H23F.C18H24.C14H21Cl.C14H21F.C14H22/c2*1-17(2,3)13-8-9-14-12(11-13)7-10-15(16(14)19)18(4,5)6;1-17(2,3)15-9-7-14-12-16(18(4,5)6)10-8-13(14)11-15;2*1-13(2,3)10-7-8-11(12(15)9-10)14(4,5)6;1-13(2,3)11-7-9-12(10-8-11)14(4,5)6/h2*7-11H,1-6H3;7-12H,1-6H3;2*7-9H,1-6H3;7-10H,1-6H3. The first-order valence-electron chi connectivity index (χ1n) is 36.6. The molecule has 0 radical (unpaired) electrons.